The number of aliphatic imine (C=N–C) groups is 1. The van der Waals surface area contributed by atoms with Crippen LogP contribution in [0.5, 0.6) is 5.75 Å². The first-order valence-corrected chi connectivity index (χ1v) is 26.9. The minimum absolute atomic E-state index is 0.0810. The van der Waals surface area contributed by atoms with Gasteiger partial charge in [-0.3, -0.25) is 29.0 Å². The molecule has 4 aromatic rings. The number of benzene rings is 2. The average Bonchev–Trinajstić information content (AvgIpc) is 4.21. The van der Waals surface area contributed by atoms with Gasteiger partial charge in [0.15, 0.2) is 11.4 Å². The normalized spacial score (nSPS) is 21.3. The highest BCUT2D eigenvalue weighted by Crippen LogP contribution is 2.33. The average molecular weight is 1060 g/mol. The summed E-state index contributed by atoms with van der Waals surface area (Å²) < 4.78 is 47.5. The van der Waals surface area contributed by atoms with E-state index in [-0.39, 0.29) is 80.1 Å². The number of fused-ring (bicyclic) bond motifs is 2. The van der Waals surface area contributed by atoms with Crippen LogP contribution in [0.2, 0.25) is 0 Å². The van der Waals surface area contributed by atoms with E-state index in [0.29, 0.717) is 85.4 Å². The molecule has 2 fully saturated rings. The van der Waals surface area contributed by atoms with Crippen LogP contribution in [-0.4, -0.2) is 191 Å². The number of carbonyl (C=O) groups excluding carboxylic acids is 5. The van der Waals surface area contributed by atoms with Crippen molar-refractivity contribution in [1.82, 2.24) is 44.8 Å². The summed E-state index contributed by atoms with van der Waals surface area (Å²) in [6.07, 6.45) is 5.75. The molecule has 3 N–H and O–H groups in total. The molecule has 4 aliphatic rings. The number of nitrogens with zero attached hydrogens (tertiary/aromatic N) is 8. The fraction of sp³-hybridized carbons (Fsp3) is 0.547. The Morgan fingerprint density at radius 2 is 1.71 bits per heavy atom. The van der Waals surface area contributed by atoms with Crippen molar-refractivity contribution in [3.63, 3.8) is 0 Å². The van der Waals surface area contributed by atoms with Gasteiger partial charge in [0.2, 0.25) is 17.7 Å². The number of likely N-dealkylation sites (tertiary alicyclic amines) is 2. The predicted molar refractivity (Wildman–Crippen MR) is 280 cm³/mol. The van der Waals surface area contributed by atoms with Crippen molar-refractivity contribution in [2.24, 2.45) is 10.9 Å². The Balaban J connectivity index is 0.757. The lowest BCUT2D eigenvalue weighted by molar-refractivity contribution is -0.138. The fourth-order valence-electron chi connectivity index (χ4n) is 9.92. The zero-order valence-corrected chi connectivity index (χ0v) is 44.2. The number of hydrogen-bond donors (Lipinski definition) is 3. The smallest absolute Gasteiger partial charge is 0.259 e. The van der Waals surface area contributed by atoms with E-state index >= 15 is 0 Å². The van der Waals surface area contributed by atoms with Gasteiger partial charge >= 0.3 is 0 Å². The molecule has 2 aromatic carbocycles. The van der Waals surface area contributed by atoms with Crippen molar-refractivity contribution in [2.45, 2.75) is 89.2 Å². The second-order valence-corrected chi connectivity index (χ2v) is 20.7. The lowest BCUT2D eigenvalue weighted by Crippen LogP contribution is -2.58. The standard InChI is InChI=1S/C53H69F2N11O8S/c1-33-31-64(52(70)41-30-57-66-21-16-45(60-49(41)66)58-34(2)40-29-39(55)12-13-44(40)74-33)23-22-62(5)46(67)17-25-72-27-28-73-26-24-63-19-14-36(15-20-63)47(61-50(69)35(3)56-4)53(71)65-18-6-7-43(65)51-59-42(32-75-51)48(68)37-8-10-38(54)11-9-37/h8-13,16,21,29-30,33-36,42-43,47,56H,6-7,14-15,17-20,22-28,31-32H2,1-5H3,(H,58,60)(H,61,69)/t33-,34+,35-,42?,43-,47-/m0/s1. The van der Waals surface area contributed by atoms with Gasteiger partial charge in [-0.05, 0) is 121 Å². The number of likely N-dealkylation sites (N-methyl/N-ethyl adjacent to an activating group) is 2. The molecule has 2 bridgehead atoms. The number of piperidine rings is 1. The van der Waals surface area contributed by atoms with Crippen LogP contribution in [0.1, 0.15) is 85.2 Å². The molecular weight excluding hydrogens is 989 g/mol. The van der Waals surface area contributed by atoms with Gasteiger partial charge in [-0.25, -0.2) is 18.3 Å². The Labute approximate surface area is 440 Å². The van der Waals surface area contributed by atoms with E-state index in [2.05, 4.69) is 30.9 Å². The zero-order valence-electron chi connectivity index (χ0n) is 43.3. The monoisotopic (exact) mass is 1060 g/mol. The van der Waals surface area contributed by atoms with Crippen molar-refractivity contribution in [1.29, 1.82) is 0 Å². The van der Waals surface area contributed by atoms with Crippen molar-refractivity contribution < 1.29 is 47.0 Å². The quantitative estimate of drug-likeness (QED) is 0.0826. The third kappa shape index (κ3) is 13.9. The Morgan fingerprint density at radius 1 is 0.960 bits per heavy atom. The SMILES string of the molecule is CN[C@@H](C)C(=O)N[C@H](C(=O)N1CCC[C@H]1C1=NC(C(=O)c2ccc(F)cc2)CS1)C1CCN(CCOCCOCCC(=O)N(C)CCN2C[C@H](C)Oc3ccc(F)cc3[C@@H](C)Nc3ccn4ncc(c4n3)C2=O)CC1. The van der Waals surface area contributed by atoms with Crippen LogP contribution in [-0.2, 0) is 23.9 Å². The summed E-state index contributed by atoms with van der Waals surface area (Å²) in [5.74, 6) is -0.484. The van der Waals surface area contributed by atoms with E-state index < -0.39 is 35.9 Å². The molecule has 404 valence electrons. The van der Waals surface area contributed by atoms with Gasteiger partial charge < -0.3 is 49.8 Å². The summed E-state index contributed by atoms with van der Waals surface area (Å²) in [5.41, 5.74) is 1.67. The third-order valence-corrected chi connectivity index (χ3v) is 15.6. The number of rotatable bonds is 20. The topological polar surface area (TPSA) is 205 Å². The lowest BCUT2D eigenvalue weighted by Gasteiger charge is -2.38. The maximum atomic E-state index is 14.5. The second-order valence-electron chi connectivity index (χ2n) is 19.7. The van der Waals surface area contributed by atoms with Crippen LogP contribution in [0.25, 0.3) is 5.65 Å². The summed E-state index contributed by atoms with van der Waals surface area (Å²) in [5, 5.41) is 14.4. The molecule has 6 heterocycles. The summed E-state index contributed by atoms with van der Waals surface area (Å²) in [7, 11) is 3.39. The highest BCUT2D eigenvalue weighted by Gasteiger charge is 2.43. The number of carbonyl (C=O) groups is 5. The molecule has 0 aliphatic carbocycles. The zero-order chi connectivity index (χ0) is 53.2. The first-order valence-electron chi connectivity index (χ1n) is 25.9. The lowest BCUT2D eigenvalue weighted by atomic mass is 9.88. The summed E-state index contributed by atoms with van der Waals surface area (Å²) in [4.78, 5) is 85.1. The number of aromatic nitrogens is 3. The van der Waals surface area contributed by atoms with Crippen LogP contribution in [0.4, 0.5) is 14.6 Å². The molecule has 6 atom stereocenters. The molecular formula is C53H69F2N11O8S. The van der Waals surface area contributed by atoms with Crippen molar-refractivity contribution in [3.8, 4) is 5.75 Å². The number of thioether (sulfide) groups is 1. The molecule has 4 aliphatic heterocycles. The first kappa shape index (κ1) is 55.2. The first-order chi connectivity index (χ1) is 36.2. The molecule has 2 saturated heterocycles. The molecule has 0 saturated carbocycles. The van der Waals surface area contributed by atoms with Gasteiger partial charge in [-0.2, -0.15) is 5.10 Å². The molecule has 19 nitrogen and oxygen atoms in total. The van der Waals surface area contributed by atoms with Crippen molar-refractivity contribution in [3.05, 3.63) is 89.2 Å². The number of hydrogen-bond acceptors (Lipinski definition) is 15. The highest BCUT2D eigenvalue weighted by atomic mass is 32.2. The van der Waals surface area contributed by atoms with Crippen molar-refractivity contribution >= 4 is 57.7 Å². The Bertz CT molecular complexity index is 2690. The molecule has 1 unspecified atom stereocenters. The number of nitrogens with one attached hydrogen (secondary N) is 3. The number of anilines is 1. The molecule has 75 heavy (non-hydrogen) atoms. The van der Waals surface area contributed by atoms with Crippen LogP contribution < -0.4 is 20.7 Å². The Morgan fingerprint density at radius 3 is 2.47 bits per heavy atom. The number of amides is 4. The van der Waals surface area contributed by atoms with Crippen LogP contribution in [0, 0.1) is 17.6 Å². The van der Waals surface area contributed by atoms with E-state index in [4.69, 9.17) is 19.2 Å². The molecule has 0 radical (unpaired) electrons. The molecule has 4 amide bonds. The molecule has 22 heteroatoms. The Kier molecular flexibility index (Phi) is 18.9. The summed E-state index contributed by atoms with van der Waals surface area (Å²) in [6, 6.07) is 9.11. The maximum absolute atomic E-state index is 14.5. The van der Waals surface area contributed by atoms with Crippen LogP contribution in [0.3, 0.4) is 0 Å². The summed E-state index contributed by atoms with van der Waals surface area (Å²) in [6.45, 7) is 10.1. The largest absolute Gasteiger partial charge is 0.489 e. The molecule has 8 rings (SSSR count). The number of ether oxygens (including phenoxy) is 3. The third-order valence-electron chi connectivity index (χ3n) is 14.4. The highest BCUT2D eigenvalue weighted by molar-refractivity contribution is 8.14. The molecule has 2 aromatic heterocycles. The fourth-order valence-corrected chi connectivity index (χ4v) is 11.1. The number of Topliss-reactive ketones (excluding diaryl/α,β-unsaturated/α-hetero) is 1. The minimum Gasteiger partial charge on any atom is -0.489 e. The number of halogens is 2. The van der Waals surface area contributed by atoms with E-state index in [1.54, 1.807) is 49.1 Å². The van der Waals surface area contributed by atoms with Crippen molar-refractivity contribution in [2.75, 3.05) is 97.4 Å². The second kappa shape index (κ2) is 25.6. The van der Waals surface area contributed by atoms with Gasteiger partial charge in [0.1, 0.15) is 47.0 Å². The Hall–Kier alpha value is -6.07. The maximum Gasteiger partial charge on any atom is 0.259 e. The van der Waals surface area contributed by atoms with Crippen LogP contribution >= 0.6 is 11.8 Å². The minimum atomic E-state index is -0.715. The van der Waals surface area contributed by atoms with Gasteiger partial charge in [-0.1, -0.05) is 0 Å². The van der Waals surface area contributed by atoms with Crippen LogP contribution in [0.15, 0.2) is 65.9 Å². The van der Waals surface area contributed by atoms with E-state index in [1.807, 2.05) is 18.7 Å². The van der Waals surface area contributed by atoms with E-state index in [9.17, 15) is 32.8 Å². The van der Waals surface area contributed by atoms with Gasteiger partial charge in [0, 0.05) is 56.3 Å². The van der Waals surface area contributed by atoms with Gasteiger partial charge in [0.25, 0.3) is 5.91 Å². The predicted octanol–water partition coefficient (Wildman–Crippen LogP) is 4.48. The van der Waals surface area contributed by atoms with E-state index in [0.717, 1.165) is 31.0 Å². The summed E-state index contributed by atoms with van der Waals surface area (Å²) >= 11 is 1.49. The molecule has 0 spiro atoms. The van der Waals surface area contributed by atoms with Gasteiger partial charge in [-0.15, -0.1) is 11.8 Å². The number of ketones is 1. The van der Waals surface area contributed by atoms with Gasteiger partial charge in [0.05, 0.1) is 68.8 Å². The van der Waals surface area contributed by atoms with E-state index in [1.165, 1.54) is 58.9 Å².